The molecule has 0 saturated heterocycles. The molecule has 1 unspecified atom stereocenters. The Kier molecular flexibility index (Phi) is 4.84. The van der Waals surface area contributed by atoms with Gasteiger partial charge in [-0.25, -0.2) is 14.2 Å². The number of urea groups is 1. The maximum atomic E-state index is 12.8. The molecule has 3 N–H and O–H groups in total. The molecule has 1 atom stereocenters. The van der Waals surface area contributed by atoms with Crippen molar-refractivity contribution in [1.82, 2.24) is 10.3 Å². The largest absolute Gasteiger partial charge is 0.387 e. The first kappa shape index (κ1) is 14.9. The van der Waals surface area contributed by atoms with Crippen LogP contribution in [0.15, 0.2) is 42.5 Å². The van der Waals surface area contributed by atoms with Crippen LogP contribution in [-0.2, 0) is 0 Å². The van der Waals surface area contributed by atoms with E-state index in [1.807, 2.05) is 13.0 Å². The minimum absolute atomic E-state index is 0.0171. The average molecular weight is 289 g/mol. The number of carbonyl (C=O) groups is 1. The summed E-state index contributed by atoms with van der Waals surface area (Å²) in [6.45, 7) is 1.84. The Labute approximate surface area is 121 Å². The second-order valence-corrected chi connectivity index (χ2v) is 4.57. The Morgan fingerprint density at radius 2 is 2.00 bits per heavy atom. The summed E-state index contributed by atoms with van der Waals surface area (Å²) in [4.78, 5) is 15.8. The number of halogens is 1. The van der Waals surface area contributed by atoms with Gasteiger partial charge in [-0.15, -0.1) is 0 Å². The summed E-state index contributed by atoms with van der Waals surface area (Å²) in [7, 11) is 0. The van der Waals surface area contributed by atoms with E-state index in [9.17, 15) is 14.3 Å². The lowest BCUT2D eigenvalue weighted by Gasteiger charge is -2.12. The van der Waals surface area contributed by atoms with Crippen LogP contribution in [0.4, 0.5) is 15.0 Å². The molecule has 110 valence electrons. The van der Waals surface area contributed by atoms with Gasteiger partial charge in [-0.05, 0) is 36.8 Å². The highest BCUT2D eigenvalue weighted by Crippen LogP contribution is 2.12. The van der Waals surface area contributed by atoms with Gasteiger partial charge in [-0.1, -0.05) is 18.2 Å². The molecule has 0 bridgehead atoms. The lowest BCUT2D eigenvalue weighted by Crippen LogP contribution is -2.32. The molecule has 21 heavy (non-hydrogen) atoms. The van der Waals surface area contributed by atoms with Crippen molar-refractivity contribution in [3.8, 4) is 0 Å². The number of aryl methyl sites for hydroxylation is 1. The van der Waals surface area contributed by atoms with Crippen LogP contribution in [0.25, 0.3) is 0 Å². The topological polar surface area (TPSA) is 74.2 Å². The summed E-state index contributed by atoms with van der Waals surface area (Å²) in [5.74, 6) is 0.0611. The zero-order valence-electron chi connectivity index (χ0n) is 11.5. The highest BCUT2D eigenvalue weighted by Gasteiger charge is 2.10. The fraction of sp³-hybridized carbons (Fsp3) is 0.200. The number of nitrogens with one attached hydrogen (secondary N) is 2. The molecule has 2 rings (SSSR count). The predicted molar refractivity (Wildman–Crippen MR) is 77.4 cm³/mol. The SMILES string of the molecule is Cc1cccc(NC(=O)NCC(O)c2ccc(F)cc2)n1. The van der Waals surface area contributed by atoms with E-state index in [4.69, 9.17) is 0 Å². The Bertz CT molecular complexity index is 617. The number of pyridine rings is 1. The smallest absolute Gasteiger partial charge is 0.320 e. The third kappa shape index (κ3) is 4.54. The van der Waals surface area contributed by atoms with Crippen LogP contribution in [0.5, 0.6) is 0 Å². The monoisotopic (exact) mass is 289 g/mol. The van der Waals surface area contributed by atoms with Crippen LogP contribution >= 0.6 is 0 Å². The number of aromatic nitrogens is 1. The highest BCUT2D eigenvalue weighted by molar-refractivity contribution is 5.88. The van der Waals surface area contributed by atoms with Gasteiger partial charge in [-0.2, -0.15) is 0 Å². The van der Waals surface area contributed by atoms with Crippen molar-refractivity contribution in [2.75, 3.05) is 11.9 Å². The second-order valence-electron chi connectivity index (χ2n) is 4.57. The molecule has 6 heteroatoms. The molecule has 1 aromatic heterocycles. The standard InChI is InChI=1S/C15H16FN3O2/c1-10-3-2-4-14(18-10)19-15(21)17-9-13(20)11-5-7-12(16)8-6-11/h2-8,13,20H,9H2,1H3,(H2,17,18,19,21). The van der Waals surface area contributed by atoms with E-state index in [2.05, 4.69) is 15.6 Å². The third-order valence-electron chi connectivity index (χ3n) is 2.84. The Hall–Kier alpha value is -2.47. The summed E-state index contributed by atoms with van der Waals surface area (Å²) in [6, 6.07) is 10.3. The molecule has 0 fully saturated rings. The van der Waals surface area contributed by atoms with Gasteiger partial charge in [0.05, 0.1) is 6.10 Å². The number of amides is 2. The normalized spacial score (nSPS) is 11.8. The Morgan fingerprint density at radius 3 is 2.67 bits per heavy atom. The highest BCUT2D eigenvalue weighted by atomic mass is 19.1. The Balaban J connectivity index is 1.84. The van der Waals surface area contributed by atoms with Gasteiger partial charge >= 0.3 is 6.03 Å². The van der Waals surface area contributed by atoms with Crippen molar-refractivity contribution < 1.29 is 14.3 Å². The summed E-state index contributed by atoms with van der Waals surface area (Å²) >= 11 is 0. The molecule has 5 nitrogen and oxygen atoms in total. The minimum Gasteiger partial charge on any atom is -0.387 e. The lowest BCUT2D eigenvalue weighted by molar-refractivity contribution is 0.175. The molecule has 0 saturated carbocycles. The van der Waals surface area contributed by atoms with E-state index in [0.29, 0.717) is 11.4 Å². The quantitative estimate of drug-likeness (QED) is 0.809. The van der Waals surface area contributed by atoms with Crippen molar-refractivity contribution in [2.24, 2.45) is 0 Å². The van der Waals surface area contributed by atoms with Crippen LogP contribution < -0.4 is 10.6 Å². The number of rotatable bonds is 4. The van der Waals surface area contributed by atoms with Crippen molar-refractivity contribution in [1.29, 1.82) is 0 Å². The van der Waals surface area contributed by atoms with E-state index < -0.39 is 12.1 Å². The van der Waals surface area contributed by atoms with Crippen LogP contribution in [0.3, 0.4) is 0 Å². The number of hydrogen-bond acceptors (Lipinski definition) is 3. The maximum absolute atomic E-state index is 12.8. The van der Waals surface area contributed by atoms with Crippen LogP contribution in [0.1, 0.15) is 17.4 Å². The molecule has 2 aromatic rings. The molecular weight excluding hydrogens is 273 g/mol. The van der Waals surface area contributed by atoms with Crippen LogP contribution in [-0.4, -0.2) is 22.7 Å². The van der Waals surface area contributed by atoms with E-state index in [1.165, 1.54) is 24.3 Å². The van der Waals surface area contributed by atoms with Gasteiger partial charge in [0.15, 0.2) is 0 Å². The van der Waals surface area contributed by atoms with Crippen LogP contribution in [0.2, 0.25) is 0 Å². The van der Waals surface area contributed by atoms with E-state index in [1.54, 1.807) is 12.1 Å². The van der Waals surface area contributed by atoms with Gasteiger partial charge < -0.3 is 10.4 Å². The van der Waals surface area contributed by atoms with Crippen molar-refractivity contribution in [3.05, 3.63) is 59.5 Å². The number of aliphatic hydroxyl groups is 1. The zero-order chi connectivity index (χ0) is 15.2. The zero-order valence-corrected chi connectivity index (χ0v) is 11.5. The van der Waals surface area contributed by atoms with Crippen LogP contribution in [0, 0.1) is 12.7 Å². The molecule has 1 aromatic carbocycles. The number of nitrogens with zero attached hydrogens (tertiary/aromatic N) is 1. The summed E-state index contributed by atoms with van der Waals surface area (Å²) < 4.78 is 12.8. The van der Waals surface area contributed by atoms with Crippen molar-refractivity contribution in [2.45, 2.75) is 13.0 Å². The van der Waals surface area contributed by atoms with Crippen molar-refractivity contribution in [3.63, 3.8) is 0 Å². The third-order valence-corrected chi connectivity index (χ3v) is 2.84. The molecule has 0 radical (unpaired) electrons. The first-order valence-corrected chi connectivity index (χ1v) is 6.46. The number of benzene rings is 1. The first-order valence-electron chi connectivity index (χ1n) is 6.46. The lowest BCUT2D eigenvalue weighted by atomic mass is 10.1. The van der Waals surface area contributed by atoms with E-state index >= 15 is 0 Å². The summed E-state index contributed by atoms with van der Waals surface area (Å²) in [5, 5.41) is 15.0. The fourth-order valence-electron chi connectivity index (χ4n) is 1.77. The Morgan fingerprint density at radius 1 is 1.29 bits per heavy atom. The molecular formula is C15H16FN3O2. The van der Waals surface area contributed by atoms with Gasteiger partial charge in [0, 0.05) is 12.2 Å². The van der Waals surface area contributed by atoms with Gasteiger partial charge in [0.2, 0.25) is 0 Å². The van der Waals surface area contributed by atoms with Gasteiger partial charge in [-0.3, -0.25) is 5.32 Å². The van der Waals surface area contributed by atoms with E-state index in [-0.39, 0.29) is 12.4 Å². The van der Waals surface area contributed by atoms with Gasteiger partial charge in [0.1, 0.15) is 11.6 Å². The van der Waals surface area contributed by atoms with E-state index in [0.717, 1.165) is 5.69 Å². The molecule has 0 spiro atoms. The maximum Gasteiger partial charge on any atom is 0.320 e. The predicted octanol–water partition coefficient (Wildman–Crippen LogP) is 2.38. The van der Waals surface area contributed by atoms with Crippen molar-refractivity contribution >= 4 is 11.8 Å². The molecule has 2 amide bonds. The molecule has 0 aliphatic rings. The average Bonchev–Trinajstić information content (AvgIpc) is 2.45. The number of hydrogen-bond donors (Lipinski definition) is 3. The molecule has 1 heterocycles. The fourth-order valence-corrected chi connectivity index (χ4v) is 1.77. The molecule has 0 aliphatic heterocycles. The minimum atomic E-state index is -0.901. The summed E-state index contributed by atoms with van der Waals surface area (Å²) in [5.41, 5.74) is 1.32. The first-order chi connectivity index (χ1) is 10.0. The number of carbonyl (C=O) groups excluding carboxylic acids is 1. The second kappa shape index (κ2) is 6.81. The molecule has 0 aliphatic carbocycles. The van der Waals surface area contributed by atoms with Gasteiger partial charge in [0.25, 0.3) is 0 Å². The summed E-state index contributed by atoms with van der Waals surface area (Å²) in [6.07, 6.45) is -0.901. The number of anilines is 1. The number of aliphatic hydroxyl groups excluding tert-OH is 1.